The van der Waals surface area contributed by atoms with Crippen molar-refractivity contribution in [1.29, 1.82) is 0 Å². The molecule has 0 fully saturated rings. The molecular formula is C22H21N3O4. The Morgan fingerprint density at radius 2 is 1.66 bits per heavy atom. The van der Waals surface area contributed by atoms with E-state index in [0.29, 0.717) is 29.6 Å². The summed E-state index contributed by atoms with van der Waals surface area (Å²) in [5, 5.41) is 4.27. The van der Waals surface area contributed by atoms with E-state index in [0.717, 1.165) is 28.0 Å². The number of hydrogen-bond donors (Lipinski definition) is 1. The van der Waals surface area contributed by atoms with E-state index >= 15 is 0 Å². The summed E-state index contributed by atoms with van der Waals surface area (Å²) in [5.74, 6) is 3.70. The van der Waals surface area contributed by atoms with Crippen molar-refractivity contribution in [3.05, 3.63) is 60.6 Å². The summed E-state index contributed by atoms with van der Waals surface area (Å²) in [6.07, 6.45) is 1.65. The first-order valence-corrected chi connectivity index (χ1v) is 9.07. The number of nitrogens with one attached hydrogen (secondary N) is 1. The minimum atomic E-state index is 0.517. The number of furan rings is 1. The standard InChI is InChI=1S/C22H21N3O4/c1-26-18-11-14(12-19(27-2)20(18)28-3)21-24-17-9-5-4-8-16(17)22(25-21)23-13-15-7-6-10-29-15/h4-12H,13H2,1-3H3,(H,23,24,25). The third kappa shape index (κ3) is 3.67. The lowest BCUT2D eigenvalue weighted by Crippen LogP contribution is -2.04. The topological polar surface area (TPSA) is 78.6 Å². The maximum absolute atomic E-state index is 5.47. The average molecular weight is 391 g/mol. The van der Waals surface area contributed by atoms with Gasteiger partial charge in [-0.25, -0.2) is 9.97 Å². The van der Waals surface area contributed by atoms with Crippen LogP contribution in [0.2, 0.25) is 0 Å². The van der Waals surface area contributed by atoms with Crippen molar-refractivity contribution < 1.29 is 18.6 Å². The van der Waals surface area contributed by atoms with Crippen LogP contribution < -0.4 is 19.5 Å². The van der Waals surface area contributed by atoms with Gasteiger partial charge >= 0.3 is 0 Å². The number of anilines is 1. The molecular weight excluding hydrogens is 370 g/mol. The Morgan fingerprint density at radius 3 is 2.31 bits per heavy atom. The fourth-order valence-electron chi connectivity index (χ4n) is 3.13. The highest BCUT2D eigenvalue weighted by Gasteiger charge is 2.17. The highest BCUT2D eigenvalue weighted by molar-refractivity contribution is 5.90. The van der Waals surface area contributed by atoms with Crippen LogP contribution in [0.5, 0.6) is 17.2 Å². The first-order valence-electron chi connectivity index (χ1n) is 9.07. The summed E-state index contributed by atoms with van der Waals surface area (Å²) in [7, 11) is 4.74. The minimum Gasteiger partial charge on any atom is -0.493 e. The van der Waals surface area contributed by atoms with Crippen molar-refractivity contribution >= 4 is 16.7 Å². The normalized spacial score (nSPS) is 10.7. The summed E-state index contributed by atoms with van der Waals surface area (Å²) in [6.45, 7) is 0.517. The Balaban J connectivity index is 1.82. The third-order valence-corrected chi connectivity index (χ3v) is 4.54. The van der Waals surface area contributed by atoms with E-state index < -0.39 is 0 Å². The van der Waals surface area contributed by atoms with Gasteiger partial charge in [-0.1, -0.05) is 12.1 Å². The van der Waals surface area contributed by atoms with Crippen LogP contribution >= 0.6 is 0 Å². The Hall–Kier alpha value is -3.74. The Morgan fingerprint density at radius 1 is 0.897 bits per heavy atom. The van der Waals surface area contributed by atoms with E-state index in [2.05, 4.69) is 5.32 Å². The molecule has 7 heteroatoms. The molecule has 0 atom stereocenters. The molecule has 29 heavy (non-hydrogen) atoms. The monoisotopic (exact) mass is 391 g/mol. The lowest BCUT2D eigenvalue weighted by Gasteiger charge is -2.15. The van der Waals surface area contributed by atoms with Crippen molar-refractivity contribution in [2.75, 3.05) is 26.6 Å². The Labute approximate surface area is 168 Å². The predicted molar refractivity (Wildman–Crippen MR) is 111 cm³/mol. The van der Waals surface area contributed by atoms with Crippen LogP contribution in [0.25, 0.3) is 22.3 Å². The number of methoxy groups -OCH3 is 3. The zero-order chi connectivity index (χ0) is 20.2. The molecule has 0 aliphatic rings. The minimum absolute atomic E-state index is 0.517. The predicted octanol–water partition coefficient (Wildman–Crippen LogP) is 4.53. The third-order valence-electron chi connectivity index (χ3n) is 4.54. The van der Waals surface area contributed by atoms with E-state index in [1.54, 1.807) is 27.6 Å². The summed E-state index contributed by atoms with van der Waals surface area (Å²) in [4.78, 5) is 9.49. The van der Waals surface area contributed by atoms with E-state index in [9.17, 15) is 0 Å². The molecule has 0 saturated heterocycles. The second-order valence-electron chi connectivity index (χ2n) is 6.26. The number of rotatable bonds is 7. The molecule has 0 aliphatic carbocycles. The average Bonchev–Trinajstić information content (AvgIpc) is 3.29. The molecule has 2 heterocycles. The number of hydrogen-bond acceptors (Lipinski definition) is 7. The van der Waals surface area contributed by atoms with Crippen LogP contribution in [-0.2, 0) is 6.54 Å². The van der Waals surface area contributed by atoms with Gasteiger partial charge in [0, 0.05) is 10.9 Å². The molecule has 0 unspecified atom stereocenters. The van der Waals surface area contributed by atoms with Crippen molar-refractivity contribution in [2.45, 2.75) is 6.54 Å². The molecule has 1 N–H and O–H groups in total. The van der Waals surface area contributed by atoms with Gasteiger partial charge in [0.05, 0.1) is 39.7 Å². The van der Waals surface area contributed by atoms with Crippen molar-refractivity contribution in [3.8, 4) is 28.6 Å². The first-order chi connectivity index (χ1) is 14.2. The van der Waals surface area contributed by atoms with Gasteiger partial charge in [-0.15, -0.1) is 0 Å². The molecule has 148 valence electrons. The summed E-state index contributed by atoms with van der Waals surface area (Å²) < 4.78 is 21.8. The van der Waals surface area contributed by atoms with E-state index in [1.165, 1.54) is 0 Å². The summed E-state index contributed by atoms with van der Waals surface area (Å²) >= 11 is 0. The number of ether oxygens (including phenoxy) is 3. The Kier molecular flexibility index (Phi) is 5.20. The van der Waals surface area contributed by atoms with Crippen molar-refractivity contribution in [3.63, 3.8) is 0 Å². The molecule has 0 aliphatic heterocycles. The summed E-state index contributed by atoms with van der Waals surface area (Å²) in [6, 6.07) is 15.3. The lowest BCUT2D eigenvalue weighted by molar-refractivity contribution is 0.324. The molecule has 0 bridgehead atoms. The zero-order valence-electron chi connectivity index (χ0n) is 16.4. The maximum atomic E-state index is 5.47. The van der Waals surface area contributed by atoms with Gasteiger partial charge in [-0.05, 0) is 36.4 Å². The highest BCUT2D eigenvalue weighted by Crippen LogP contribution is 2.41. The van der Waals surface area contributed by atoms with E-state index in [4.69, 9.17) is 28.6 Å². The molecule has 0 saturated carbocycles. The molecule has 7 nitrogen and oxygen atoms in total. The van der Waals surface area contributed by atoms with Crippen LogP contribution in [0.4, 0.5) is 5.82 Å². The van der Waals surface area contributed by atoms with Gasteiger partial charge in [-0.2, -0.15) is 0 Å². The summed E-state index contributed by atoms with van der Waals surface area (Å²) in [5.41, 5.74) is 1.58. The van der Waals surface area contributed by atoms with Gasteiger partial charge < -0.3 is 23.9 Å². The van der Waals surface area contributed by atoms with Gasteiger partial charge in [0.1, 0.15) is 11.6 Å². The van der Waals surface area contributed by atoms with Gasteiger partial charge in [0.2, 0.25) is 5.75 Å². The second kappa shape index (κ2) is 8.10. The maximum Gasteiger partial charge on any atom is 0.203 e. The van der Waals surface area contributed by atoms with Gasteiger partial charge in [0.25, 0.3) is 0 Å². The van der Waals surface area contributed by atoms with Gasteiger partial charge in [-0.3, -0.25) is 0 Å². The second-order valence-corrected chi connectivity index (χ2v) is 6.26. The molecule has 2 aromatic carbocycles. The molecule has 0 radical (unpaired) electrons. The highest BCUT2D eigenvalue weighted by atomic mass is 16.5. The number of aromatic nitrogens is 2. The van der Waals surface area contributed by atoms with E-state index in [1.807, 2.05) is 48.5 Å². The molecule has 2 aromatic heterocycles. The molecule has 4 rings (SSSR count). The zero-order valence-corrected chi connectivity index (χ0v) is 16.4. The van der Waals surface area contributed by atoms with E-state index in [-0.39, 0.29) is 0 Å². The van der Waals surface area contributed by atoms with Crippen molar-refractivity contribution in [1.82, 2.24) is 9.97 Å². The fourth-order valence-corrected chi connectivity index (χ4v) is 3.13. The largest absolute Gasteiger partial charge is 0.493 e. The lowest BCUT2D eigenvalue weighted by atomic mass is 10.1. The quantitative estimate of drug-likeness (QED) is 0.496. The number of benzene rings is 2. The molecule has 0 amide bonds. The van der Waals surface area contributed by atoms with Crippen molar-refractivity contribution in [2.24, 2.45) is 0 Å². The SMILES string of the molecule is COc1cc(-c2nc(NCc3ccco3)c3ccccc3n2)cc(OC)c1OC. The number of nitrogens with zero attached hydrogens (tertiary/aromatic N) is 2. The number of para-hydroxylation sites is 1. The Bertz CT molecular complexity index is 1100. The first kappa shape index (κ1) is 18.6. The fraction of sp³-hybridized carbons (Fsp3) is 0.182. The van der Waals surface area contributed by atoms with Gasteiger partial charge in [0.15, 0.2) is 17.3 Å². The van der Waals surface area contributed by atoms with Crippen LogP contribution in [0.3, 0.4) is 0 Å². The van der Waals surface area contributed by atoms with Crippen LogP contribution in [0.1, 0.15) is 5.76 Å². The van der Waals surface area contributed by atoms with Crippen LogP contribution in [0.15, 0.2) is 59.2 Å². The molecule has 4 aromatic rings. The number of fused-ring (bicyclic) bond motifs is 1. The molecule has 0 spiro atoms. The smallest absolute Gasteiger partial charge is 0.203 e. The van der Waals surface area contributed by atoms with Crippen LogP contribution in [0, 0.1) is 0 Å². The van der Waals surface area contributed by atoms with Crippen LogP contribution in [-0.4, -0.2) is 31.3 Å².